The van der Waals surface area contributed by atoms with E-state index < -0.39 is 21.7 Å². The number of carbonyl (C=O) groups is 1. The Labute approximate surface area is 216 Å². The summed E-state index contributed by atoms with van der Waals surface area (Å²) in [6.45, 7) is 6.49. The molecule has 1 atom stereocenters. The number of fused-ring (bicyclic) bond motifs is 1. The number of nitrogens with zero attached hydrogens (tertiary/aromatic N) is 4. The highest BCUT2D eigenvalue weighted by Crippen LogP contribution is 2.43. The van der Waals surface area contributed by atoms with E-state index >= 15 is 0 Å². The fraction of sp³-hybridized carbons (Fsp3) is 0.417. The van der Waals surface area contributed by atoms with E-state index in [0.717, 1.165) is 16.6 Å². The maximum absolute atomic E-state index is 12.8. The highest BCUT2D eigenvalue weighted by molar-refractivity contribution is 7.91. The predicted molar refractivity (Wildman–Crippen MR) is 132 cm³/mol. The third kappa shape index (κ3) is 6.16. The maximum atomic E-state index is 12.8. The van der Waals surface area contributed by atoms with Crippen LogP contribution in [0.4, 0.5) is 18.3 Å². The molecule has 0 fully saturated rings. The topological polar surface area (TPSA) is 105 Å². The van der Waals surface area contributed by atoms with Gasteiger partial charge in [0.1, 0.15) is 0 Å². The standard InChI is InChI=1S/C24H26F3N5O3S2/c1-4-37(34,35)17-8-5-15(6-9-17)11-20(33)28-23-29-21-18(36-23)13-32(22(21)14(2)3)12-16-7-10-19(31-30-16)24(25,26)27/h5-10,14,22H,4,11-13H2,1-3H3,(H,28,29,33)/t22-/m0/s1. The van der Waals surface area contributed by atoms with Crippen LogP contribution in [-0.4, -0.2) is 40.2 Å². The summed E-state index contributed by atoms with van der Waals surface area (Å²) in [6, 6.07) is 8.43. The monoisotopic (exact) mass is 553 g/mol. The lowest BCUT2D eigenvalue weighted by molar-refractivity contribution is -0.141. The van der Waals surface area contributed by atoms with E-state index in [2.05, 4.69) is 25.4 Å². The van der Waals surface area contributed by atoms with Gasteiger partial charge in [0.15, 0.2) is 20.7 Å². The van der Waals surface area contributed by atoms with Crippen LogP contribution in [0.25, 0.3) is 0 Å². The average Bonchev–Trinajstić information content (AvgIpc) is 3.35. The van der Waals surface area contributed by atoms with Gasteiger partial charge in [0.2, 0.25) is 5.91 Å². The number of halogens is 3. The van der Waals surface area contributed by atoms with Crippen molar-refractivity contribution in [1.82, 2.24) is 20.1 Å². The Balaban J connectivity index is 1.41. The largest absolute Gasteiger partial charge is 0.435 e. The first-order valence-corrected chi connectivity index (χ1v) is 14.1. The molecule has 198 valence electrons. The Morgan fingerprint density at radius 1 is 1.16 bits per heavy atom. The first-order chi connectivity index (χ1) is 17.4. The molecule has 0 saturated carbocycles. The van der Waals surface area contributed by atoms with E-state index in [9.17, 15) is 26.4 Å². The lowest BCUT2D eigenvalue weighted by atomic mass is 10.0. The number of hydrogen-bond donors (Lipinski definition) is 1. The number of benzene rings is 1. The molecule has 37 heavy (non-hydrogen) atoms. The number of hydrogen-bond acceptors (Lipinski definition) is 8. The van der Waals surface area contributed by atoms with Crippen molar-refractivity contribution in [2.75, 3.05) is 11.1 Å². The van der Waals surface area contributed by atoms with Crippen molar-refractivity contribution in [2.24, 2.45) is 5.92 Å². The molecule has 3 aromatic rings. The number of thiazole rings is 1. The van der Waals surface area contributed by atoms with E-state index in [-0.39, 0.29) is 34.9 Å². The van der Waals surface area contributed by atoms with Gasteiger partial charge in [-0.25, -0.2) is 13.4 Å². The quantitative estimate of drug-likeness (QED) is 0.433. The maximum Gasteiger partial charge on any atom is 0.435 e. The van der Waals surface area contributed by atoms with Crippen LogP contribution >= 0.6 is 11.3 Å². The van der Waals surface area contributed by atoms with Gasteiger partial charge in [0, 0.05) is 18.0 Å². The number of alkyl halides is 3. The second-order valence-electron chi connectivity index (χ2n) is 9.10. The van der Waals surface area contributed by atoms with E-state index in [0.29, 0.717) is 29.5 Å². The summed E-state index contributed by atoms with van der Waals surface area (Å²) in [7, 11) is -3.30. The van der Waals surface area contributed by atoms with Crippen molar-refractivity contribution in [3.05, 3.63) is 63.9 Å². The van der Waals surface area contributed by atoms with Gasteiger partial charge in [-0.1, -0.05) is 32.9 Å². The third-order valence-electron chi connectivity index (χ3n) is 6.03. The molecule has 0 saturated heterocycles. The normalized spacial score (nSPS) is 16.2. The molecule has 13 heteroatoms. The Morgan fingerprint density at radius 2 is 1.86 bits per heavy atom. The van der Waals surface area contributed by atoms with Gasteiger partial charge in [-0.2, -0.15) is 18.3 Å². The molecule has 0 bridgehead atoms. The molecule has 0 aliphatic carbocycles. The lowest BCUT2D eigenvalue weighted by Crippen LogP contribution is -2.27. The summed E-state index contributed by atoms with van der Waals surface area (Å²) in [5.41, 5.74) is 0.922. The number of carbonyl (C=O) groups excluding carboxylic acids is 1. The van der Waals surface area contributed by atoms with Crippen molar-refractivity contribution in [2.45, 2.75) is 57.4 Å². The summed E-state index contributed by atoms with van der Waals surface area (Å²) < 4.78 is 62.3. The minimum absolute atomic E-state index is 0.00802. The van der Waals surface area contributed by atoms with Crippen LogP contribution in [0.15, 0.2) is 41.3 Å². The van der Waals surface area contributed by atoms with Gasteiger partial charge in [0.05, 0.1) is 34.5 Å². The van der Waals surface area contributed by atoms with Gasteiger partial charge in [-0.15, -0.1) is 16.4 Å². The number of nitrogens with one attached hydrogen (secondary N) is 1. The van der Waals surface area contributed by atoms with Crippen molar-refractivity contribution in [1.29, 1.82) is 0 Å². The van der Waals surface area contributed by atoms with Gasteiger partial charge in [-0.05, 0) is 35.7 Å². The first-order valence-electron chi connectivity index (χ1n) is 11.6. The molecule has 0 unspecified atom stereocenters. The highest BCUT2D eigenvalue weighted by Gasteiger charge is 2.37. The van der Waals surface area contributed by atoms with Crippen molar-refractivity contribution in [3.63, 3.8) is 0 Å². The van der Waals surface area contributed by atoms with E-state index in [1.807, 2.05) is 13.8 Å². The second-order valence-corrected chi connectivity index (χ2v) is 12.5. The minimum atomic E-state index is -4.53. The molecule has 0 radical (unpaired) electrons. The highest BCUT2D eigenvalue weighted by atomic mass is 32.2. The first kappa shape index (κ1) is 27.1. The Bertz CT molecular complexity index is 1370. The minimum Gasteiger partial charge on any atom is -0.302 e. The smallest absolute Gasteiger partial charge is 0.302 e. The summed E-state index contributed by atoms with van der Waals surface area (Å²) >= 11 is 1.36. The summed E-state index contributed by atoms with van der Waals surface area (Å²) in [5, 5.41) is 10.4. The number of aromatic nitrogens is 3. The van der Waals surface area contributed by atoms with Crippen LogP contribution < -0.4 is 5.32 Å². The molecule has 0 spiro atoms. The van der Waals surface area contributed by atoms with Gasteiger partial charge in [0.25, 0.3) is 0 Å². The summed E-state index contributed by atoms with van der Waals surface area (Å²) in [4.78, 5) is 20.5. The van der Waals surface area contributed by atoms with Crippen LogP contribution in [0.1, 0.15) is 54.3 Å². The molecular weight excluding hydrogens is 527 g/mol. The fourth-order valence-corrected chi connectivity index (χ4v) is 6.17. The Morgan fingerprint density at radius 3 is 2.43 bits per heavy atom. The van der Waals surface area contributed by atoms with Crippen LogP contribution in [0.2, 0.25) is 0 Å². The van der Waals surface area contributed by atoms with E-state index in [4.69, 9.17) is 0 Å². The molecule has 1 N–H and O–H groups in total. The molecule has 2 aromatic heterocycles. The zero-order valence-electron chi connectivity index (χ0n) is 20.4. The van der Waals surface area contributed by atoms with E-state index in [1.165, 1.54) is 29.5 Å². The molecule has 1 amide bonds. The second kappa shape index (κ2) is 10.5. The summed E-state index contributed by atoms with van der Waals surface area (Å²) in [6.07, 6.45) is -4.46. The van der Waals surface area contributed by atoms with Crippen LogP contribution in [0.3, 0.4) is 0 Å². The molecule has 1 aromatic carbocycles. The molecule has 1 aliphatic heterocycles. The summed E-state index contributed by atoms with van der Waals surface area (Å²) in [5.74, 6) is -0.0996. The number of rotatable bonds is 8. The number of anilines is 1. The fourth-order valence-electron chi connectivity index (χ4n) is 4.24. The average molecular weight is 554 g/mol. The number of amides is 1. The Hall–Kier alpha value is -2.90. The van der Waals surface area contributed by atoms with Gasteiger partial charge < -0.3 is 5.32 Å². The van der Waals surface area contributed by atoms with Crippen LogP contribution in [-0.2, 0) is 40.3 Å². The predicted octanol–water partition coefficient (Wildman–Crippen LogP) is 4.64. The van der Waals surface area contributed by atoms with Crippen molar-refractivity contribution < 1.29 is 26.4 Å². The van der Waals surface area contributed by atoms with Gasteiger partial charge in [-0.3, -0.25) is 9.69 Å². The van der Waals surface area contributed by atoms with Crippen LogP contribution in [0.5, 0.6) is 0 Å². The molecule has 4 rings (SSSR count). The zero-order chi connectivity index (χ0) is 27.0. The molecule has 3 heterocycles. The molecule has 8 nitrogen and oxygen atoms in total. The number of sulfone groups is 1. The van der Waals surface area contributed by atoms with Crippen molar-refractivity contribution in [3.8, 4) is 0 Å². The van der Waals surface area contributed by atoms with E-state index in [1.54, 1.807) is 19.1 Å². The third-order valence-corrected chi connectivity index (χ3v) is 8.75. The van der Waals surface area contributed by atoms with Gasteiger partial charge >= 0.3 is 6.18 Å². The van der Waals surface area contributed by atoms with Crippen LogP contribution in [0, 0.1) is 5.92 Å². The Kier molecular flexibility index (Phi) is 7.67. The van der Waals surface area contributed by atoms with Crippen molar-refractivity contribution >= 4 is 32.2 Å². The lowest BCUT2D eigenvalue weighted by Gasteiger charge is -2.27. The molecular formula is C24H26F3N5O3S2. The SMILES string of the molecule is CCS(=O)(=O)c1ccc(CC(=O)Nc2nc3c(s2)CN(Cc2ccc(C(F)(F)F)nn2)[C@H]3C(C)C)cc1. The zero-order valence-corrected chi connectivity index (χ0v) is 22.0. The molecule has 1 aliphatic rings.